The molecule has 0 aliphatic carbocycles. The van der Waals surface area contributed by atoms with Gasteiger partial charge in [-0.15, -0.1) is 11.3 Å². The number of thiazole rings is 1. The number of nitrogens with two attached hydrogens (primary N) is 1. The van der Waals surface area contributed by atoms with Crippen molar-refractivity contribution >= 4 is 11.3 Å². The predicted octanol–water partition coefficient (Wildman–Crippen LogP) is 0.996. The van der Waals surface area contributed by atoms with Crippen molar-refractivity contribution in [1.29, 1.82) is 0 Å². The Balaban J connectivity index is 2.08. The molecule has 2 unspecified atom stereocenters. The minimum Gasteiger partial charge on any atom is -0.329 e. The largest absolute Gasteiger partial charge is 0.329 e. The van der Waals surface area contributed by atoms with Crippen LogP contribution in [0, 0.1) is 0 Å². The molecule has 0 spiro atoms. The maximum Gasteiger partial charge on any atom is 0.0795 e. The fourth-order valence-corrected chi connectivity index (χ4v) is 3.25. The van der Waals surface area contributed by atoms with E-state index in [2.05, 4.69) is 41.2 Å². The predicted molar refractivity (Wildman–Crippen MR) is 72.1 cm³/mol. The van der Waals surface area contributed by atoms with Crippen molar-refractivity contribution in [3.05, 3.63) is 16.6 Å². The van der Waals surface area contributed by atoms with Gasteiger partial charge in [0.05, 0.1) is 11.2 Å². The Kier molecular flexibility index (Phi) is 3.82. The van der Waals surface area contributed by atoms with Crippen LogP contribution in [0.5, 0.6) is 0 Å². The van der Waals surface area contributed by atoms with Crippen molar-refractivity contribution in [3.63, 3.8) is 0 Å². The van der Waals surface area contributed by atoms with Crippen LogP contribution in [0.4, 0.5) is 0 Å². The summed E-state index contributed by atoms with van der Waals surface area (Å²) >= 11 is 1.65. The SMILES string of the molecule is CC1CC(CN)(N(C)Cc2cscn2)CN1C. The summed E-state index contributed by atoms with van der Waals surface area (Å²) in [5.74, 6) is 0. The van der Waals surface area contributed by atoms with Gasteiger partial charge in [-0.3, -0.25) is 4.90 Å². The van der Waals surface area contributed by atoms with Crippen molar-refractivity contribution in [2.75, 3.05) is 27.2 Å². The molecule has 2 heterocycles. The lowest BCUT2D eigenvalue weighted by molar-refractivity contribution is 0.124. The number of hydrogen-bond acceptors (Lipinski definition) is 5. The van der Waals surface area contributed by atoms with Crippen LogP contribution in [-0.4, -0.2) is 53.5 Å². The lowest BCUT2D eigenvalue weighted by atomic mass is 9.94. The molecule has 2 rings (SSSR count). The number of likely N-dealkylation sites (N-methyl/N-ethyl adjacent to an activating group) is 2. The monoisotopic (exact) mass is 254 g/mol. The van der Waals surface area contributed by atoms with E-state index in [1.165, 1.54) is 0 Å². The van der Waals surface area contributed by atoms with Gasteiger partial charge in [-0.1, -0.05) is 0 Å². The summed E-state index contributed by atoms with van der Waals surface area (Å²) in [6, 6.07) is 0.608. The number of nitrogens with zero attached hydrogens (tertiary/aromatic N) is 3. The van der Waals surface area contributed by atoms with E-state index in [0.717, 1.165) is 25.2 Å². The zero-order valence-electron chi connectivity index (χ0n) is 10.9. The summed E-state index contributed by atoms with van der Waals surface area (Å²) in [7, 11) is 4.34. The van der Waals surface area contributed by atoms with Gasteiger partial charge in [0.15, 0.2) is 0 Å². The smallest absolute Gasteiger partial charge is 0.0795 e. The number of hydrogen-bond donors (Lipinski definition) is 1. The molecule has 2 N–H and O–H groups in total. The fourth-order valence-electron chi connectivity index (χ4n) is 2.70. The Morgan fingerprint density at radius 2 is 2.47 bits per heavy atom. The minimum atomic E-state index is 0.109. The van der Waals surface area contributed by atoms with Crippen LogP contribution in [0.2, 0.25) is 0 Å². The summed E-state index contributed by atoms with van der Waals surface area (Å²) in [6.07, 6.45) is 1.14. The van der Waals surface area contributed by atoms with E-state index in [-0.39, 0.29) is 5.54 Å². The van der Waals surface area contributed by atoms with Gasteiger partial charge in [-0.2, -0.15) is 0 Å². The minimum absolute atomic E-state index is 0.109. The van der Waals surface area contributed by atoms with Crippen LogP contribution in [0.1, 0.15) is 19.0 Å². The van der Waals surface area contributed by atoms with Crippen molar-refractivity contribution in [1.82, 2.24) is 14.8 Å². The summed E-state index contributed by atoms with van der Waals surface area (Å²) in [5.41, 5.74) is 9.18. The van der Waals surface area contributed by atoms with Crippen molar-refractivity contribution in [2.45, 2.75) is 31.5 Å². The molecule has 17 heavy (non-hydrogen) atoms. The Bertz CT molecular complexity index is 341. The lowest BCUT2D eigenvalue weighted by Crippen LogP contribution is -2.53. The molecule has 0 saturated carbocycles. The first-order valence-electron chi connectivity index (χ1n) is 6.06. The molecule has 0 aromatic carbocycles. The third-order valence-corrected chi connectivity index (χ3v) is 4.68. The first kappa shape index (κ1) is 13.0. The molecular formula is C12H22N4S. The lowest BCUT2D eigenvalue weighted by Gasteiger charge is -2.37. The van der Waals surface area contributed by atoms with Crippen LogP contribution in [-0.2, 0) is 6.54 Å². The maximum atomic E-state index is 6.04. The van der Waals surface area contributed by atoms with E-state index in [0.29, 0.717) is 12.6 Å². The highest BCUT2D eigenvalue weighted by Gasteiger charge is 2.42. The number of rotatable bonds is 4. The molecule has 96 valence electrons. The highest BCUT2D eigenvalue weighted by Crippen LogP contribution is 2.30. The number of aromatic nitrogens is 1. The molecule has 0 bridgehead atoms. The van der Waals surface area contributed by atoms with E-state index in [9.17, 15) is 0 Å². The molecule has 2 atom stereocenters. The first-order valence-corrected chi connectivity index (χ1v) is 7.00. The molecule has 0 radical (unpaired) electrons. The normalized spacial score (nSPS) is 30.3. The highest BCUT2D eigenvalue weighted by atomic mass is 32.1. The van der Waals surface area contributed by atoms with Crippen LogP contribution < -0.4 is 5.73 Å². The van der Waals surface area contributed by atoms with Crippen molar-refractivity contribution < 1.29 is 0 Å². The van der Waals surface area contributed by atoms with Gasteiger partial charge in [-0.25, -0.2) is 4.98 Å². The van der Waals surface area contributed by atoms with E-state index >= 15 is 0 Å². The average Bonchev–Trinajstić information content (AvgIpc) is 2.89. The molecule has 0 amide bonds. The maximum absolute atomic E-state index is 6.04. The molecule has 1 aliphatic heterocycles. The average molecular weight is 254 g/mol. The molecule has 1 aliphatic rings. The third kappa shape index (κ3) is 2.52. The van der Waals surface area contributed by atoms with Crippen molar-refractivity contribution in [2.24, 2.45) is 5.73 Å². The van der Waals surface area contributed by atoms with Gasteiger partial charge in [0.1, 0.15) is 0 Å². The van der Waals surface area contributed by atoms with Gasteiger partial charge in [0.25, 0.3) is 0 Å². The fraction of sp³-hybridized carbons (Fsp3) is 0.750. The zero-order valence-corrected chi connectivity index (χ0v) is 11.7. The Morgan fingerprint density at radius 1 is 1.71 bits per heavy atom. The van der Waals surface area contributed by atoms with Gasteiger partial charge >= 0.3 is 0 Å². The molecular weight excluding hydrogens is 232 g/mol. The topological polar surface area (TPSA) is 45.4 Å². The summed E-state index contributed by atoms with van der Waals surface area (Å²) in [5, 5.41) is 2.11. The van der Waals surface area contributed by atoms with E-state index < -0.39 is 0 Å². The number of likely N-dealkylation sites (tertiary alicyclic amines) is 1. The first-order chi connectivity index (χ1) is 8.07. The third-order valence-electron chi connectivity index (χ3n) is 4.04. The van der Waals surface area contributed by atoms with Crippen LogP contribution in [0.3, 0.4) is 0 Å². The Morgan fingerprint density at radius 3 is 2.94 bits per heavy atom. The van der Waals surface area contributed by atoms with Crippen LogP contribution in [0.25, 0.3) is 0 Å². The van der Waals surface area contributed by atoms with Gasteiger partial charge < -0.3 is 10.6 Å². The summed E-state index contributed by atoms with van der Waals surface area (Å²) in [6.45, 7) is 4.92. The summed E-state index contributed by atoms with van der Waals surface area (Å²) in [4.78, 5) is 9.12. The van der Waals surface area contributed by atoms with E-state index in [1.807, 2.05) is 5.51 Å². The molecule has 1 aromatic rings. The molecule has 5 heteroatoms. The van der Waals surface area contributed by atoms with E-state index in [4.69, 9.17) is 5.73 Å². The summed E-state index contributed by atoms with van der Waals surface area (Å²) < 4.78 is 0. The Labute approximate surface area is 107 Å². The Hall–Kier alpha value is -0.490. The van der Waals surface area contributed by atoms with Crippen LogP contribution in [0.15, 0.2) is 10.9 Å². The van der Waals surface area contributed by atoms with E-state index in [1.54, 1.807) is 11.3 Å². The highest BCUT2D eigenvalue weighted by molar-refractivity contribution is 7.07. The quantitative estimate of drug-likeness (QED) is 0.870. The van der Waals surface area contributed by atoms with Gasteiger partial charge in [0, 0.05) is 36.6 Å². The van der Waals surface area contributed by atoms with Gasteiger partial charge in [0.2, 0.25) is 0 Å². The standard InChI is InChI=1S/C12H22N4S/c1-10-4-12(7-13,8-15(10)2)16(3)5-11-6-17-9-14-11/h6,9-10H,4-5,7-8,13H2,1-3H3. The molecule has 1 aromatic heterocycles. The zero-order chi connectivity index (χ0) is 12.5. The second-order valence-corrected chi connectivity index (χ2v) is 5.95. The second-order valence-electron chi connectivity index (χ2n) is 5.23. The van der Waals surface area contributed by atoms with Gasteiger partial charge in [-0.05, 0) is 27.4 Å². The molecule has 1 saturated heterocycles. The van der Waals surface area contributed by atoms with Crippen LogP contribution >= 0.6 is 11.3 Å². The molecule has 1 fully saturated rings. The molecule has 4 nitrogen and oxygen atoms in total. The second kappa shape index (κ2) is 5.02. The van der Waals surface area contributed by atoms with Crippen molar-refractivity contribution in [3.8, 4) is 0 Å².